The van der Waals surface area contributed by atoms with Gasteiger partial charge in [-0.05, 0) is 57.4 Å². The van der Waals surface area contributed by atoms with Gasteiger partial charge in [-0.3, -0.25) is 4.68 Å². The molecular formula is C14H23ClN2. The topological polar surface area (TPSA) is 17.8 Å². The van der Waals surface area contributed by atoms with Crippen LogP contribution in [0.5, 0.6) is 0 Å². The van der Waals surface area contributed by atoms with Crippen molar-refractivity contribution < 1.29 is 0 Å². The van der Waals surface area contributed by atoms with Crippen LogP contribution < -0.4 is 0 Å². The molecule has 1 aromatic rings. The molecule has 2 rings (SSSR count). The summed E-state index contributed by atoms with van der Waals surface area (Å²) in [5.41, 5.74) is 1.21. The van der Waals surface area contributed by atoms with Gasteiger partial charge in [-0.15, -0.1) is 11.6 Å². The highest BCUT2D eigenvalue weighted by molar-refractivity contribution is 6.20. The van der Waals surface area contributed by atoms with Crippen molar-refractivity contribution in [2.45, 2.75) is 63.8 Å². The first-order chi connectivity index (χ1) is 8.20. The van der Waals surface area contributed by atoms with Crippen molar-refractivity contribution >= 4 is 11.6 Å². The Morgan fingerprint density at radius 1 is 1.53 bits per heavy atom. The van der Waals surface area contributed by atoms with Gasteiger partial charge in [0, 0.05) is 17.6 Å². The molecule has 0 aliphatic heterocycles. The molecule has 0 bridgehead atoms. The predicted octanol–water partition coefficient (Wildman–Crippen LogP) is 4.19. The van der Waals surface area contributed by atoms with Crippen LogP contribution in [0.25, 0.3) is 0 Å². The van der Waals surface area contributed by atoms with E-state index >= 15 is 0 Å². The van der Waals surface area contributed by atoms with Gasteiger partial charge in [0.05, 0.1) is 5.69 Å². The summed E-state index contributed by atoms with van der Waals surface area (Å²) >= 11 is 6.30. The Morgan fingerprint density at radius 3 is 2.94 bits per heavy atom. The zero-order valence-electron chi connectivity index (χ0n) is 10.9. The SMILES string of the molecule is CCC(C)n1ccc(CCCC(Cl)C2CC2)n1. The molecule has 0 aromatic carbocycles. The number of alkyl halides is 1. The summed E-state index contributed by atoms with van der Waals surface area (Å²) in [5, 5.41) is 5.02. The van der Waals surface area contributed by atoms with E-state index in [1.54, 1.807) is 0 Å². The Hall–Kier alpha value is -0.500. The van der Waals surface area contributed by atoms with Crippen LogP contribution in [-0.4, -0.2) is 15.2 Å². The average Bonchev–Trinajstić information content (AvgIpc) is 3.08. The van der Waals surface area contributed by atoms with E-state index in [1.807, 2.05) is 0 Å². The van der Waals surface area contributed by atoms with Crippen molar-refractivity contribution in [1.82, 2.24) is 9.78 Å². The van der Waals surface area contributed by atoms with E-state index in [2.05, 4.69) is 35.9 Å². The molecular weight excluding hydrogens is 232 g/mol. The van der Waals surface area contributed by atoms with Crippen LogP contribution >= 0.6 is 11.6 Å². The molecule has 96 valence electrons. The van der Waals surface area contributed by atoms with E-state index in [1.165, 1.54) is 25.0 Å². The fourth-order valence-electron chi connectivity index (χ4n) is 2.12. The second-order valence-corrected chi connectivity index (χ2v) is 5.85. The molecule has 0 spiro atoms. The van der Waals surface area contributed by atoms with E-state index in [4.69, 9.17) is 11.6 Å². The van der Waals surface area contributed by atoms with Crippen LogP contribution in [0.1, 0.15) is 57.7 Å². The van der Waals surface area contributed by atoms with Gasteiger partial charge < -0.3 is 0 Å². The zero-order valence-corrected chi connectivity index (χ0v) is 11.7. The fraction of sp³-hybridized carbons (Fsp3) is 0.786. The van der Waals surface area contributed by atoms with Crippen LogP contribution in [-0.2, 0) is 6.42 Å². The summed E-state index contributed by atoms with van der Waals surface area (Å²) in [6.07, 6.45) is 9.30. The van der Waals surface area contributed by atoms with Gasteiger partial charge in [0.15, 0.2) is 0 Å². The number of nitrogens with zero attached hydrogens (tertiary/aromatic N) is 2. The van der Waals surface area contributed by atoms with E-state index in [0.717, 1.165) is 25.2 Å². The molecule has 0 radical (unpaired) electrons. The van der Waals surface area contributed by atoms with Crippen molar-refractivity contribution in [3.05, 3.63) is 18.0 Å². The largest absolute Gasteiger partial charge is 0.270 e. The smallest absolute Gasteiger partial charge is 0.0624 e. The van der Waals surface area contributed by atoms with Crippen LogP contribution in [0.4, 0.5) is 0 Å². The molecule has 3 heteroatoms. The first-order valence-electron chi connectivity index (χ1n) is 6.88. The van der Waals surface area contributed by atoms with E-state index in [9.17, 15) is 0 Å². The number of hydrogen-bond acceptors (Lipinski definition) is 1. The van der Waals surface area contributed by atoms with Gasteiger partial charge in [-0.2, -0.15) is 5.10 Å². The van der Waals surface area contributed by atoms with Crippen molar-refractivity contribution in [1.29, 1.82) is 0 Å². The molecule has 2 nitrogen and oxygen atoms in total. The predicted molar refractivity (Wildman–Crippen MR) is 72.5 cm³/mol. The molecule has 0 saturated heterocycles. The Labute approximate surface area is 109 Å². The minimum absolute atomic E-state index is 0.409. The molecule has 17 heavy (non-hydrogen) atoms. The van der Waals surface area contributed by atoms with Crippen LogP contribution in [0.3, 0.4) is 0 Å². The van der Waals surface area contributed by atoms with Gasteiger partial charge in [0.25, 0.3) is 0 Å². The Kier molecular flexibility index (Phi) is 4.49. The normalized spacial score (nSPS) is 19.2. The molecule has 2 unspecified atom stereocenters. The summed E-state index contributed by atoms with van der Waals surface area (Å²) < 4.78 is 2.08. The molecule has 1 aromatic heterocycles. The summed E-state index contributed by atoms with van der Waals surface area (Å²) in [6.45, 7) is 4.40. The minimum Gasteiger partial charge on any atom is -0.270 e. The average molecular weight is 255 g/mol. The zero-order chi connectivity index (χ0) is 12.3. The molecule has 1 saturated carbocycles. The maximum absolute atomic E-state index is 6.30. The molecule has 0 amide bonds. The highest BCUT2D eigenvalue weighted by Gasteiger charge is 2.28. The minimum atomic E-state index is 0.409. The number of rotatable bonds is 7. The van der Waals surface area contributed by atoms with Crippen LogP contribution in [0.15, 0.2) is 12.3 Å². The van der Waals surface area contributed by atoms with Crippen molar-refractivity contribution in [2.24, 2.45) is 5.92 Å². The van der Waals surface area contributed by atoms with Crippen molar-refractivity contribution in [3.8, 4) is 0 Å². The molecule has 2 atom stereocenters. The Morgan fingerprint density at radius 2 is 2.29 bits per heavy atom. The standard InChI is InChI=1S/C14H23ClN2/c1-3-11(2)17-10-9-13(16-17)5-4-6-14(15)12-7-8-12/h9-12,14H,3-8H2,1-2H3. The lowest BCUT2D eigenvalue weighted by molar-refractivity contribution is 0.472. The highest BCUT2D eigenvalue weighted by atomic mass is 35.5. The summed E-state index contributed by atoms with van der Waals surface area (Å²) in [5.74, 6) is 0.814. The van der Waals surface area contributed by atoms with Gasteiger partial charge >= 0.3 is 0 Å². The number of halogens is 1. The third kappa shape index (κ3) is 3.74. The summed E-state index contributed by atoms with van der Waals surface area (Å²) in [7, 11) is 0. The lowest BCUT2D eigenvalue weighted by Gasteiger charge is -2.08. The fourth-order valence-corrected chi connectivity index (χ4v) is 2.52. The van der Waals surface area contributed by atoms with Crippen LogP contribution in [0.2, 0.25) is 0 Å². The van der Waals surface area contributed by atoms with Gasteiger partial charge in [-0.1, -0.05) is 6.92 Å². The third-order valence-corrected chi connectivity index (χ3v) is 4.33. The van der Waals surface area contributed by atoms with E-state index < -0.39 is 0 Å². The Bertz CT molecular complexity index is 344. The lowest BCUT2D eigenvalue weighted by Crippen LogP contribution is -2.05. The van der Waals surface area contributed by atoms with Crippen molar-refractivity contribution in [2.75, 3.05) is 0 Å². The first-order valence-corrected chi connectivity index (χ1v) is 7.32. The lowest BCUT2D eigenvalue weighted by atomic mass is 10.1. The molecule has 0 N–H and O–H groups in total. The molecule has 1 aliphatic rings. The van der Waals surface area contributed by atoms with Crippen molar-refractivity contribution in [3.63, 3.8) is 0 Å². The highest BCUT2D eigenvalue weighted by Crippen LogP contribution is 2.37. The molecule has 1 aliphatic carbocycles. The Balaban J connectivity index is 1.72. The van der Waals surface area contributed by atoms with Crippen LogP contribution in [0, 0.1) is 5.92 Å². The maximum Gasteiger partial charge on any atom is 0.0624 e. The number of hydrogen-bond donors (Lipinski definition) is 0. The second-order valence-electron chi connectivity index (χ2n) is 5.29. The van der Waals surface area contributed by atoms with Gasteiger partial charge in [-0.25, -0.2) is 0 Å². The van der Waals surface area contributed by atoms with Gasteiger partial charge in [0.1, 0.15) is 0 Å². The van der Waals surface area contributed by atoms with E-state index in [0.29, 0.717) is 11.4 Å². The second kappa shape index (κ2) is 5.90. The molecule has 1 heterocycles. The molecule has 1 fully saturated rings. The number of aromatic nitrogens is 2. The third-order valence-electron chi connectivity index (χ3n) is 3.75. The summed E-state index contributed by atoms with van der Waals surface area (Å²) in [6, 6.07) is 2.66. The summed E-state index contributed by atoms with van der Waals surface area (Å²) in [4.78, 5) is 0. The van der Waals surface area contributed by atoms with Gasteiger partial charge in [0.2, 0.25) is 0 Å². The quantitative estimate of drug-likeness (QED) is 0.667. The number of aryl methyl sites for hydroxylation is 1. The van der Waals surface area contributed by atoms with E-state index in [-0.39, 0.29) is 0 Å². The monoisotopic (exact) mass is 254 g/mol. The maximum atomic E-state index is 6.30. The first kappa shape index (κ1) is 12.9.